The van der Waals surface area contributed by atoms with E-state index in [1.54, 1.807) is 0 Å². The van der Waals surface area contributed by atoms with Gasteiger partial charge in [-0.05, 0) is 48.4 Å². The number of nitrogens with zero attached hydrogens (tertiary/aromatic N) is 2. The molecule has 28 heavy (non-hydrogen) atoms. The molecule has 1 aromatic heterocycles. The van der Waals surface area contributed by atoms with Gasteiger partial charge in [0, 0.05) is 24.8 Å². The van der Waals surface area contributed by atoms with Crippen LogP contribution in [0.3, 0.4) is 0 Å². The SMILES string of the molecule is Cn1c(CCc2ccc(NC(=O)Nc3ccccc3)cc2)nc2ccccc21. The highest BCUT2D eigenvalue weighted by atomic mass is 16.2. The number of amides is 2. The van der Waals surface area contributed by atoms with E-state index in [-0.39, 0.29) is 6.03 Å². The number of urea groups is 1. The Labute approximate surface area is 164 Å². The van der Waals surface area contributed by atoms with Gasteiger partial charge in [0.2, 0.25) is 0 Å². The Balaban J connectivity index is 1.35. The van der Waals surface area contributed by atoms with Crippen molar-refractivity contribution in [2.24, 2.45) is 7.05 Å². The summed E-state index contributed by atoms with van der Waals surface area (Å²) in [5.41, 5.74) is 4.92. The van der Waals surface area contributed by atoms with Gasteiger partial charge in [-0.15, -0.1) is 0 Å². The molecule has 4 aromatic rings. The van der Waals surface area contributed by atoms with Crippen molar-refractivity contribution in [2.45, 2.75) is 12.8 Å². The molecule has 3 aromatic carbocycles. The Morgan fingerprint density at radius 2 is 1.46 bits per heavy atom. The average molecular weight is 370 g/mol. The first-order valence-electron chi connectivity index (χ1n) is 9.31. The highest BCUT2D eigenvalue weighted by molar-refractivity contribution is 5.99. The van der Waals surface area contributed by atoms with Gasteiger partial charge in [0.05, 0.1) is 11.0 Å². The molecule has 0 spiro atoms. The number of anilines is 2. The number of hydrogen-bond acceptors (Lipinski definition) is 2. The van der Waals surface area contributed by atoms with Crippen LogP contribution < -0.4 is 10.6 Å². The minimum atomic E-state index is -0.251. The predicted molar refractivity (Wildman–Crippen MR) is 114 cm³/mol. The molecule has 1 heterocycles. The van der Waals surface area contributed by atoms with E-state index in [2.05, 4.69) is 28.3 Å². The van der Waals surface area contributed by atoms with Crippen molar-refractivity contribution in [3.63, 3.8) is 0 Å². The molecule has 2 N–H and O–H groups in total. The second-order valence-electron chi connectivity index (χ2n) is 6.72. The van der Waals surface area contributed by atoms with E-state index in [9.17, 15) is 4.79 Å². The Hall–Kier alpha value is -3.60. The average Bonchev–Trinajstić information content (AvgIpc) is 3.04. The fourth-order valence-electron chi connectivity index (χ4n) is 3.24. The van der Waals surface area contributed by atoms with E-state index < -0.39 is 0 Å². The molecular formula is C23H22N4O. The highest BCUT2D eigenvalue weighted by Gasteiger charge is 2.07. The van der Waals surface area contributed by atoms with Crippen molar-refractivity contribution in [1.29, 1.82) is 0 Å². The van der Waals surface area contributed by atoms with Crippen molar-refractivity contribution < 1.29 is 4.79 Å². The molecule has 0 unspecified atom stereocenters. The van der Waals surface area contributed by atoms with Gasteiger partial charge in [-0.2, -0.15) is 0 Å². The molecule has 0 aliphatic carbocycles. The van der Waals surface area contributed by atoms with Gasteiger partial charge in [-0.1, -0.05) is 42.5 Å². The summed E-state index contributed by atoms with van der Waals surface area (Å²) >= 11 is 0. The molecule has 4 rings (SSSR count). The fraction of sp³-hybridized carbons (Fsp3) is 0.130. The second-order valence-corrected chi connectivity index (χ2v) is 6.72. The van der Waals surface area contributed by atoms with Gasteiger partial charge in [0.1, 0.15) is 5.82 Å². The zero-order valence-electron chi connectivity index (χ0n) is 15.7. The van der Waals surface area contributed by atoms with Crippen molar-refractivity contribution in [3.8, 4) is 0 Å². The molecule has 140 valence electrons. The second kappa shape index (κ2) is 7.96. The van der Waals surface area contributed by atoms with Gasteiger partial charge in [-0.25, -0.2) is 9.78 Å². The lowest BCUT2D eigenvalue weighted by Crippen LogP contribution is -2.19. The van der Waals surface area contributed by atoms with Crippen molar-refractivity contribution in [1.82, 2.24) is 9.55 Å². The van der Waals surface area contributed by atoms with Crippen LogP contribution in [0.15, 0.2) is 78.9 Å². The van der Waals surface area contributed by atoms with Gasteiger partial charge in [0.15, 0.2) is 0 Å². The Bertz CT molecular complexity index is 1080. The molecule has 5 nitrogen and oxygen atoms in total. The highest BCUT2D eigenvalue weighted by Crippen LogP contribution is 2.17. The Kier molecular flexibility index (Phi) is 5.06. The number of para-hydroxylation sites is 3. The van der Waals surface area contributed by atoms with Crippen LogP contribution in [0.2, 0.25) is 0 Å². The first-order valence-corrected chi connectivity index (χ1v) is 9.31. The summed E-state index contributed by atoms with van der Waals surface area (Å²) in [5.74, 6) is 1.07. The lowest BCUT2D eigenvalue weighted by atomic mass is 10.1. The molecule has 5 heteroatoms. The predicted octanol–water partition coefficient (Wildman–Crippen LogP) is 5.00. The summed E-state index contributed by atoms with van der Waals surface area (Å²) in [6.45, 7) is 0. The summed E-state index contributed by atoms with van der Waals surface area (Å²) in [7, 11) is 2.06. The van der Waals surface area contributed by atoms with Gasteiger partial charge in [0.25, 0.3) is 0 Å². The minimum Gasteiger partial charge on any atom is -0.331 e. The molecule has 0 bridgehead atoms. The van der Waals surface area contributed by atoms with E-state index in [0.717, 1.165) is 41.1 Å². The number of fused-ring (bicyclic) bond motifs is 1. The maximum Gasteiger partial charge on any atom is 0.323 e. The van der Waals surface area contributed by atoms with E-state index in [4.69, 9.17) is 4.98 Å². The molecule has 0 saturated carbocycles. The van der Waals surface area contributed by atoms with Crippen LogP contribution in [0.25, 0.3) is 11.0 Å². The largest absolute Gasteiger partial charge is 0.331 e. The molecule has 0 aliphatic heterocycles. The topological polar surface area (TPSA) is 59.0 Å². The number of nitrogens with one attached hydrogen (secondary N) is 2. The van der Waals surface area contributed by atoms with Crippen LogP contribution in [0, 0.1) is 0 Å². The first-order chi connectivity index (χ1) is 13.7. The van der Waals surface area contributed by atoms with Crippen LogP contribution in [0.1, 0.15) is 11.4 Å². The third-order valence-electron chi connectivity index (χ3n) is 4.76. The third-order valence-corrected chi connectivity index (χ3v) is 4.76. The number of rotatable bonds is 5. The molecule has 2 amide bonds. The lowest BCUT2D eigenvalue weighted by molar-refractivity contribution is 0.262. The van der Waals surface area contributed by atoms with E-state index in [0.29, 0.717) is 0 Å². The van der Waals surface area contributed by atoms with Crippen LogP contribution in [0.4, 0.5) is 16.2 Å². The van der Waals surface area contributed by atoms with Crippen molar-refractivity contribution in [3.05, 3.63) is 90.3 Å². The summed E-state index contributed by atoms with van der Waals surface area (Å²) in [6.07, 6.45) is 1.76. The molecule has 0 aliphatic rings. The van der Waals surface area contributed by atoms with Gasteiger partial charge in [-0.3, -0.25) is 0 Å². The van der Waals surface area contributed by atoms with Crippen LogP contribution in [-0.2, 0) is 19.9 Å². The van der Waals surface area contributed by atoms with E-state index in [1.165, 1.54) is 5.56 Å². The molecule has 0 saturated heterocycles. The monoisotopic (exact) mass is 370 g/mol. The summed E-state index contributed by atoms with van der Waals surface area (Å²) < 4.78 is 2.15. The van der Waals surface area contributed by atoms with Crippen LogP contribution >= 0.6 is 0 Å². The summed E-state index contributed by atoms with van der Waals surface area (Å²) in [5, 5.41) is 5.66. The minimum absolute atomic E-state index is 0.251. The maximum absolute atomic E-state index is 12.1. The van der Waals surface area contributed by atoms with E-state index >= 15 is 0 Å². The van der Waals surface area contributed by atoms with E-state index in [1.807, 2.05) is 72.8 Å². The smallest absolute Gasteiger partial charge is 0.323 e. The number of aryl methyl sites for hydroxylation is 3. The summed E-state index contributed by atoms with van der Waals surface area (Å²) in [4.78, 5) is 16.8. The van der Waals surface area contributed by atoms with Crippen molar-refractivity contribution >= 4 is 28.4 Å². The standard InChI is InChI=1S/C23H22N4O/c1-27-21-10-6-5-9-20(21)26-22(27)16-13-17-11-14-19(15-12-17)25-23(28)24-18-7-3-2-4-8-18/h2-12,14-15H,13,16H2,1H3,(H2,24,25,28). The third kappa shape index (κ3) is 4.04. The number of benzene rings is 3. The molecular weight excluding hydrogens is 348 g/mol. The zero-order chi connectivity index (χ0) is 19.3. The number of carbonyl (C=O) groups excluding carboxylic acids is 1. The Morgan fingerprint density at radius 1 is 0.821 bits per heavy atom. The van der Waals surface area contributed by atoms with Gasteiger partial charge < -0.3 is 15.2 Å². The number of aromatic nitrogens is 2. The number of hydrogen-bond donors (Lipinski definition) is 2. The zero-order valence-corrected chi connectivity index (χ0v) is 15.7. The number of imidazole rings is 1. The van der Waals surface area contributed by atoms with Crippen LogP contribution in [0.5, 0.6) is 0 Å². The number of carbonyl (C=O) groups is 1. The first kappa shape index (κ1) is 17.8. The van der Waals surface area contributed by atoms with Crippen LogP contribution in [-0.4, -0.2) is 15.6 Å². The maximum atomic E-state index is 12.1. The van der Waals surface area contributed by atoms with Gasteiger partial charge >= 0.3 is 6.03 Å². The molecule has 0 radical (unpaired) electrons. The Morgan fingerprint density at radius 3 is 2.18 bits per heavy atom. The quantitative estimate of drug-likeness (QED) is 0.519. The van der Waals surface area contributed by atoms with Crippen molar-refractivity contribution in [2.75, 3.05) is 10.6 Å². The lowest BCUT2D eigenvalue weighted by Gasteiger charge is -2.08. The fourth-order valence-corrected chi connectivity index (χ4v) is 3.24. The molecule has 0 atom stereocenters. The summed E-state index contributed by atoms with van der Waals surface area (Å²) in [6, 6.07) is 25.2. The molecule has 0 fully saturated rings. The normalized spacial score (nSPS) is 10.8.